The summed E-state index contributed by atoms with van der Waals surface area (Å²) in [4.78, 5) is 0. The predicted octanol–water partition coefficient (Wildman–Crippen LogP) is 3.09. The summed E-state index contributed by atoms with van der Waals surface area (Å²) in [5, 5.41) is 3.57. The van der Waals surface area contributed by atoms with Crippen LogP contribution in [0.3, 0.4) is 0 Å². The van der Waals surface area contributed by atoms with E-state index in [0.29, 0.717) is 12.1 Å². The summed E-state index contributed by atoms with van der Waals surface area (Å²) in [5.74, 6) is 1.11. The van der Waals surface area contributed by atoms with Gasteiger partial charge >= 0.3 is 0 Å². The van der Waals surface area contributed by atoms with Gasteiger partial charge in [-0.3, -0.25) is 0 Å². The van der Waals surface area contributed by atoms with Crippen molar-refractivity contribution in [1.29, 1.82) is 0 Å². The Balaban J connectivity index is 2.12. The monoisotopic (exact) mass is 263 g/mol. The Kier molecular flexibility index (Phi) is 5.23. The molecule has 0 saturated heterocycles. The Bertz CT molecular complexity index is 406. The largest absolute Gasteiger partial charge is 0.493 e. The highest BCUT2D eigenvalue weighted by Crippen LogP contribution is 2.35. The van der Waals surface area contributed by atoms with Crippen LogP contribution in [0.1, 0.15) is 43.9 Å². The van der Waals surface area contributed by atoms with E-state index in [1.54, 1.807) is 7.11 Å². The molecule has 0 aromatic heterocycles. The van der Waals surface area contributed by atoms with Crippen LogP contribution in [0.15, 0.2) is 18.2 Å². The van der Waals surface area contributed by atoms with E-state index in [1.807, 2.05) is 0 Å². The highest BCUT2D eigenvalue weighted by atomic mass is 16.5. The summed E-state index contributed by atoms with van der Waals surface area (Å²) >= 11 is 0. The second-order valence-corrected chi connectivity index (χ2v) is 5.17. The molecular formula is C16H25NO2. The van der Waals surface area contributed by atoms with E-state index in [2.05, 4.69) is 37.4 Å². The maximum Gasteiger partial charge on any atom is 0.127 e. The fraction of sp³-hybridized carbons (Fsp3) is 0.625. The van der Waals surface area contributed by atoms with Gasteiger partial charge in [-0.25, -0.2) is 0 Å². The second kappa shape index (κ2) is 6.92. The average molecular weight is 263 g/mol. The summed E-state index contributed by atoms with van der Waals surface area (Å²) in [6.45, 7) is 6.06. The number of methoxy groups -OCH3 is 1. The molecule has 106 valence electrons. The summed E-state index contributed by atoms with van der Waals surface area (Å²) in [5.41, 5.74) is 2.65. The number of nitrogens with one attached hydrogen (secondary N) is 1. The lowest BCUT2D eigenvalue weighted by Gasteiger charge is -2.22. The molecule has 1 heterocycles. The molecule has 0 saturated carbocycles. The molecule has 19 heavy (non-hydrogen) atoms. The van der Waals surface area contributed by atoms with E-state index in [9.17, 15) is 0 Å². The molecule has 0 amide bonds. The Morgan fingerprint density at radius 1 is 1.37 bits per heavy atom. The molecule has 2 rings (SSSR count). The van der Waals surface area contributed by atoms with Gasteiger partial charge in [0.25, 0.3) is 0 Å². The van der Waals surface area contributed by atoms with Gasteiger partial charge in [-0.05, 0) is 31.9 Å². The molecule has 1 N–H and O–H groups in total. The first-order chi connectivity index (χ1) is 9.26. The maximum atomic E-state index is 5.82. The first kappa shape index (κ1) is 14.4. The van der Waals surface area contributed by atoms with Gasteiger partial charge in [-0.15, -0.1) is 0 Å². The van der Waals surface area contributed by atoms with Crippen molar-refractivity contribution in [2.24, 2.45) is 0 Å². The van der Waals surface area contributed by atoms with E-state index in [1.165, 1.54) is 11.1 Å². The van der Waals surface area contributed by atoms with Crippen molar-refractivity contribution in [3.05, 3.63) is 29.3 Å². The molecule has 0 aliphatic carbocycles. The molecule has 2 unspecified atom stereocenters. The molecule has 3 nitrogen and oxygen atoms in total. The van der Waals surface area contributed by atoms with Gasteiger partial charge in [0.1, 0.15) is 5.75 Å². The SMILES string of the molecule is CCNC(CCC(C)OC)c1cccc2c1OCC2. The van der Waals surface area contributed by atoms with Crippen LogP contribution in [0.2, 0.25) is 0 Å². The Labute approximate surface area is 116 Å². The minimum absolute atomic E-state index is 0.304. The third kappa shape index (κ3) is 3.48. The average Bonchev–Trinajstić information content (AvgIpc) is 2.91. The van der Waals surface area contributed by atoms with Gasteiger partial charge in [0, 0.05) is 25.1 Å². The molecule has 0 radical (unpaired) electrons. The van der Waals surface area contributed by atoms with Crippen molar-refractivity contribution in [2.45, 2.75) is 45.3 Å². The van der Waals surface area contributed by atoms with Gasteiger partial charge < -0.3 is 14.8 Å². The van der Waals surface area contributed by atoms with Crippen molar-refractivity contribution < 1.29 is 9.47 Å². The van der Waals surface area contributed by atoms with Crippen LogP contribution in [-0.4, -0.2) is 26.4 Å². The Morgan fingerprint density at radius 2 is 2.21 bits per heavy atom. The van der Waals surface area contributed by atoms with Gasteiger partial charge in [0.15, 0.2) is 0 Å². The van der Waals surface area contributed by atoms with Gasteiger partial charge in [0.05, 0.1) is 12.7 Å². The number of rotatable bonds is 7. The first-order valence-corrected chi connectivity index (χ1v) is 7.27. The second-order valence-electron chi connectivity index (χ2n) is 5.17. The summed E-state index contributed by atoms with van der Waals surface area (Å²) < 4.78 is 11.2. The van der Waals surface area contributed by atoms with Crippen LogP contribution in [0.5, 0.6) is 5.75 Å². The molecule has 0 spiro atoms. The van der Waals surface area contributed by atoms with Crippen LogP contribution >= 0.6 is 0 Å². The van der Waals surface area contributed by atoms with Crippen molar-refractivity contribution in [3.8, 4) is 5.75 Å². The molecule has 1 aliphatic rings. The van der Waals surface area contributed by atoms with Crippen LogP contribution < -0.4 is 10.1 Å². The van der Waals surface area contributed by atoms with E-state index in [4.69, 9.17) is 9.47 Å². The normalized spacial score (nSPS) is 16.8. The quantitative estimate of drug-likeness (QED) is 0.820. The highest BCUT2D eigenvalue weighted by molar-refractivity contribution is 5.45. The summed E-state index contributed by atoms with van der Waals surface area (Å²) in [6.07, 6.45) is 3.47. The Morgan fingerprint density at radius 3 is 2.95 bits per heavy atom. The van der Waals surface area contributed by atoms with Crippen molar-refractivity contribution in [1.82, 2.24) is 5.32 Å². The van der Waals surface area contributed by atoms with E-state index in [0.717, 1.165) is 38.2 Å². The van der Waals surface area contributed by atoms with Crippen molar-refractivity contribution in [3.63, 3.8) is 0 Å². The number of hydrogen-bond donors (Lipinski definition) is 1. The number of hydrogen-bond acceptors (Lipinski definition) is 3. The minimum Gasteiger partial charge on any atom is -0.493 e. The van der Waals surface area contributed by atoms with Gasteiger partial charge in [0.2, 0.25) is 0 Å². The van der Waals surface area contributed by atoms with E-state index < -0.39 is 0 Å². The third-order valence-corrected chi connectivity index (χ3v) is 3.84. The molecule has 1 aliphatic heterocycles. The van der Waals surface area contributed by atoms with Crippen LogP contribution in [0.4, 0.5) is 0 Å². The lowest BCUT2D eigenvalue weighted by Crippen LogP contribution is -2.23. The highest BCUT2D eigenvalue weighted by Gasteiger charge is 2.21. The molecule has 0 bridgehead atoms. The third-order valence-electron chi connectivity index (χ3n) is 3.84. The first-order valence-electron chi connectivity index (χ1n) is 7.27. The Hall–Kier alpha value is -1.06. The van der Waals surface area contributed by atoms with Crippen LogP contribution in [-0.2, 0) is 11.2 Å². The van der Waals surface area contributed by atoms with Crippen molar-refractivity contribution >= 4 is 0 Å². The topological polar surface area (TPSA) is 30.5 Å². The van der Waals surface area contributed by atoms with E-state index in [-0.39, 0.29) is 0 Å². The number of ether oxygens (including phenoxy) is 2. The van der Waals surface area contributed by atoms with Gasteiger partial charge in [-0.1, -0.05) is 25.1 Å². The molecule has 2 atom stereocenters. The standard InChI is InChI=1S/C16H25NO2/c1-4-17-15(9-8-12(2)18-3)14-7-5-6-13-10-11-19-16(13)14/h5-7,12,15,17H,4,8-11H2,1-3H3. The summed E-state index contributed by atoms with van der Waals surface area (Å²) in [6, 6.07) is 6.87. The zero-order chi connectivity index (χ0) is 13.7. The number of benzene rings is 1. The molecule has 3 heteroatoms. The molecule has 1 aromatic carbocycles. The number of fused-ring (bicyclic) bond motifs is 1. The van der Waals surface area contributed by atoms with Crippen LogP contribution in [0, 0.1) is 0 Å². The zero-order valence-corrected chi connectivity index (χ0v) is 12.2. The number of para-hydroxylation sites is 1. The van der Waals surface area contributed by atoms with Crippen LogP contribution in [0.25, 0.3) is 0 Å². The maximum absolute atomic E-state index is 5.82. The van der Waals surface area contributed by atoms with Gasteiger partial charge in [-0.2, -0.15) is 0 Å². The van der Waals surface area contributed by atoms with Crippen molar-refractivity contribution in [2.75, 3.05) is 20.3 Å². The minimum atomic E-state index is 0.304. The predicted molar refractivity (Wildman–Crippen MR) is 77.8 cm³/mol. The molecular weight excluding hydrogens is 238 g/mol. The molecule has 1 aromatic rings. The summed E-state index contributed by atoms with van der Waals surface area (Å²) in [7, 11) is 1.77. The fourth-order valence-electron chi connectivity index (χ4n) is 2.65. The molecule has 0 fully saturated rings. The smallest absolute Gasteiger partial charge is 0.127 e. The van der Waals surface area contributed by atoms with E-state index >= 15 is 0 Å². The fourth-order valence-corrected chi connectivity index (χ4v) is 2.65. The lowest BCUT2D eigenvalue weighted by molar-refractivity contribution is 0.106. The lowest BCUT2D eigenvalue weighted by atomic mass is 9.97. The zero-order valence-electron chi connectivity index (χ0n) is 12.2.